The van der Waals surface area contributed by atoms with Crippen molar-refractivity contribution in [3.63, 3.8) is 0 Å². The Morgan fingerprint density at radius 3 is 2.33 bits per heavy atom. The van der Waals surface area contributed by atoms with Gasteiger partial charge in [0.1, 0.15) is 21.4 Å². The number of carboxylic acid groups (broad SMARTS) is 1. The van der Waals surface area contributed by atoms with Crippen molar-refractivity contribution in [1.82, 2.24) is 9.29 Å². The number of hydrogen-bond donors (Lipinski definition) is 1. The summed E-state index contributed by atoms with van der Waals surface area (Å²) in [5.74, 6) is -1.27. The first-order chi connectivity index (χ1) is 20.7. The summed E-state index contributed by atoms with van der Waals surface area (Å²) in [5.41, 5.74) is 0.908. The molecule has 3 aliphatic rings. The number of aromatic nitrogens is 1. The Balaban J connectivity index is 1.33. The molecule has 1 atom stereocenters. The van der Waals surface area contributed by atoms with Gasteiger partial charge in [-0.1, -0.05) is 31.4 Å². The number of piperidine rings is 1. The first kappa shape index (κ1) is 29.7. The highest BCUT2D eigenvalue weighted by Crippen LogP contribution is 2.42. The maximum absolute atomic E-state index is 13.9. The largest absolute Gasteiger partial charge is 0.477 e. The Kier molecular flexibility index (Phi) is 8.52. The molecule has 3 aromatic rings. The van der Waals surface area contributed by atoms with Gasteiger partial charge < -0.3 is 14.9 Å². The van der Waals surface area contributed by atoms with Crippen molar-refractivity contribution in [1.29, 1.82) is 0 Å². The number of amides is 1. The molecule has 12 heteroatoms. The zero-order valence-corrected chi connectivity index (χ0v) is 25.5. The van der Waals surface area contributed by atoms with Crippen LogP contribution in [0, 0.1) is 11.7 Å². The van der Waals surface area contributed by atoms with Crippen LogP contribution in [0.4, 0.5) is 15.9 Å². The molecule has 2 aromatic heterocycles. The monoisotopic (exact) mass is 626 g/mol. The van der Waals surface area contributed by atoms with Gasteiger partial charge in [-0.25, -0.2) is 22.6 Å². The number of pyridine rings is 1. The zero-order valence-electron chi connectivity index (χ0n) is 23.8. The Labute approximate surface area is 255 Å². The van der Waals surface area contributed by atoms with E-state index in [1.807, 2.05) is 0 Å². The summed E-state index contributed by atoms with van der Waals surface area (Å²) < 4.78 is 42.5. The summed E-state index contributed by atoms with van der Waals surface area (Å²) in [4.78, 5) is 35.1. The van der Waals surface area contributed by atoms with Crippen LogP contribution in [0.5, 0.6) is 0 Å². The number of carbonyl (C=O) groups is 2. The summed E-state index contributed by atoms with van der Waals surface area (Å²) in [6, 6.07) is 10.2. The van der Waals surface area contributed by atoms with Gasteiger partial charge >= 0.3 is 5.97 Å². The summed E-state index contributed by atoms with van der Waals surface area (Å²) in [7, 11) is -4.03. The van der Waals surface area contributed by atoms with Crippen LogP contribution in [0.3, 0.4) is 0 Å². The third-order valence-electron chi connectivity index (χ3n) is 8.83. The molecular formula is C31H35FN4O5S2. The van der Waals surface area contributed by atoms with E-state index in [2.05, 4.69) is 9.88 Å². The lowest BCUT2D eigenvalue weighted by atomic mass is 9.82. The van der Waals surface area contributed by atoms with E-state index in [4.69, 9.17) is 0 Å². The summed E-state index contributed by atoms with van der Waals surface area (Å²) in [6.07, 6.45) is 9.37. The first-order valence-electron chi connectivity index (χ1n) is 14.9. The van der Waals surface area contributed by atoms with Crippen molar-refractivity contribution < 1.29 is 27.5 Å². The summed E-state index contributed by atoms with van der Waals surface area (Å²) in [6.45, 7) is 1.44. The van der Waals surface area contributed by atoms with Crippen LogP contribution in [0.15, 0.2) is 53.6 Å². The second-order valence-corrected chi connectivity index (χ2v) is 14.6. The number of anilines is 2. The molecule has 2 saturated heterocycles. The van der Waals surface area contributed by atoms with E-state index in [1.54, 1.807) is 30.3 Å². The van der Waals surface area contributed by atoms with E-state index in [0.717, 1.165) is 75.2 Å². The second-order valence-electron chi connectivity index (χ2n) is 11.6. The molecule has 1 saturated carbocycles. The highest BCUT2D eigenvalue weighted by molar-refractivity contribution is 7.89. The number of hydrogen-bond acceptors (Lipinski definition) is 7. The number of rotatable bonds is 7. The molecule has 0 radical (unpaired) electrons. The fourth-order valence-corrected chi connectivity index (χ4v) is 8.94. The van der Waals surface area contributed by atoms with E-state index < -0.39 is 40.3 Å². The van der Waals surface area contributed by atoms with Crippen molar-refractivity contribution >= 4 is 44.7 Å². The number of carbonyl (C=O) groups excluding carboxylic acids is 1. The topological polar surface area (TPSA) is 111 Å². The first-order valence-corrected chi connectivity index (χ1v) is 17.1. The van der Waals surface area contributed by atoms with Gasteiger partial charge in [0, 0.05) is 30.7 Å². The normalized spacial score (nSPS) is 20.9. The van der Waals surface area contributed by atoms with Gasteiger partial charge in [0.15, 0.2) is 0 Å². The predicted octanol–water partition coefficient (Wildman–Crippen LogP) is 5.62. The van der Waals surface area contributed by atoms with Crippen LogP contribution in [-0.4, -0.2) is 66.9 Å². The van der Waals surface area contributed by atoms with Crippen molar-refractivity contribution in [2.45, 2.75) is 62.3 Å². The van der Waals surface area contributed by atoms with Gasteiger partial charge in [0.25, 0.3) is 0 Å². The van der Waals surface area contributed by atoms with Gasteiger partial charge in [-0.15, -0.1) is 11.3 Å². The Morgan fingerprint density at radius 2 is 1.67 bits per heavy atom. The van der Waals surface area contributed by atoms with Crippen LogP contribution in [0.1, 0.15) is 61.0 Å². The molecular weight excluding hydrogens is 591 g/mol. The maximum atomic E-state index is 13.9. The molecule has 6 rings (SSSR count). The molecule has 1 aliphatic carbocycles. The standard InChI is InChI=1S/C31H35FN4O5S2/c32-23-11-9-22(10-12-23)27-17-25(30(42-27)31(38)39)36-26(21-7-3-1-4-8-21)19-35(20-29(36)37)43(40,41)24-13-14-28(33-18-24)34-15-5-2-6-16-34/h9-14,17-18,21,26H,1-8,15-16,19-20H2,(H,38,39)/t26-/m0/s1. The smallest absolute Gasteiger partial charge is 0.348 e. The van der Waals surface area contributed by atoms with Gasteiger partial charge in [0.05, 0.1) is 18.3 Å². The third-order valence-corrected chi connectivity index (χ3v) is 11.8. The summed E-state index contributed by atoms with van der Waals surface area (Å²) >= 11 is 1.03. The molecule has 1 N–H and O–H groups in total. The van der Waals surface area contributed by atoms with Crippen molar-refractivity contribution in [3.8, 4) is 10.4 Å². The lowest BCUT2D eigenvalue weighted by Crippen LogP contribution is -2.60. The van der Waals surface area contributed by atoms with E-state index in [0.29, 0.717) is 10.4 Å². The van der Waals surface area contributed by atoms with Crippen molar-refractivity contribution in [3.05, 3.63) is 59.4 Å². The van der Waals surface area contributed by atoms with Crippen LogP contribution in [0.25, 0.3) is 10.4 Å². The summed E-state index contributed by atoms with van der Waals surface area (Å²) in [5, 5.41) is 10.1. The number of benzene rings is 1. The number of sulfonamides is 1. The van der Waals surface area contributed by atoms with Crippen LogP contribution in [0.2, 0.25) is 0 Å². The SMILES string of the molecule is O=C(O)c1sc(-c2ccc(F)cc2)cc1N1C(=O)CN(S(=O)(=O)c2ccc(N3CCCCC3)nc2)C[C@H]1C1CCCCC1. The number of carboxylic acids is 1. The van der Waals surface area contributed by atoms with Gasteiger partial charge in [0.2, 0.25) is 15.9 Å². The van der Waals surface area contributed by atoms with Gasteiger partial charge in [-0.2, -0.15) is 4.31 Å². The van der Waals surface area contributed by atoms with Crippen LogP contribution < -0.4 is 9.80 Å². The second kappa shape index (κ2) is 12.3. The lowest BCUT2D eigenvalue weighted by molar-refractivity contribution is -0.121. The van der Waals surface area contributed by atoms with Crippen molar-refractivity contribution in [2.24, 2.45) is 5.92 Å². The van der Waals surface area contributed by atoms with Crippen molar-refractivity contribution in [2.75, 3.05) is 36.0 Å². The molecule has 0 spiro atoms. The molecule has 43 heavy (non-hydrogen) atoms. The number of nitrogens with zero attached hydrogens (tertiary/aromatic N) is 4. The number of halogens is 1. The van der Waals surface area contributed by atoms with Crippen LogP contribution >= 0.6 is 11.3 Å². The highest BCUT2D eigenvalue weighted by Gasteiger charge is 2.44. The molecule has 1 aromatic carbocycles. The minimum Gasteiger partial charge on any atom is -0.477 e. The number of aromatic carboxylic acids is 1. The molecule has 1 amide bonds. The minimum atomic E-state index is -4.03. The highest BCUT2D eigenvalue weighted by atomic mass is 32.2. The molecule has 0 bridgehead atoms. The quantitative estimate of drug-likeness (QED) is 0.362. The van der Waals surface area contributed by atoms with Crippen LogP contribution in [-0.2, 0) is 14.8 Å². The molecule has 228 valence electrons. The molecule has 0 unspecified atom stereocenters. The average Bonchev–Trinajstić information content (AvgIpc) is 3.47. The molecule has 9 nitrogen and oxygen atoms in total. The Morgan fingerprint density at radius 1 is 0.977 bits per heavy atom. The molecule has 4 heterocycles. The molecule has 3 fully saturated rings. The molecule has 2 aliphatic heterocycles. The van der Waals surface area contributed by atoms with E-state index >= 15 is 0 Å². The third kappa shape index (κ3) is 6.05. The maximum Gasteiger partial charge on any atom is 0.348 e. The number of piperazine rings is 1. The fourth-order valence-electron chi connectivity index (χ4n) is 6.60. The Hall–Kier alpha value is -3.35. The van der Waals surface area contributed by atoms with E-state index in [1.165, 1.54) is 34.0 Å². The Bertz CT molecular complexity index is 1580. The average molecular weight is 627 g/mol. The minimum absolute atomic E-state index is 0.00212. The van der Waals surface area contributed by atoms with Gasteiger partial charge in [-0.3, -0.25) is 4.79 Å². The lowest BCUT2D eigenvalue weighted by Gasteiger charge is -2.44. The van der Waals surface area contributed by atoms with E-state index in [-0.39, 0.29) is 27.9 Å². The number of thiophene rings is 1. The fraction of sp³-hybridized carbons (Fsp3) is 0.452. The van der Waals surface area contributed by atoms with Gasteiger partial charge in [-0.05, 0) is 73.9 Å². The predicted molar refractivity (Wildman–Crippen MR) is 164 cm³/mol. The zero-order chi connectivity index (χ0) is 30.1. The van der Waals surface area contributed by atoms with E-state index in [9.17, 15) is 27.5 Å².